The Morgan fingerprint density at radius 2 is 1.96 bits per heavy atom. The van der Waals surface area contributed by atoms with Gasteiger partial charge < -0.3 is 15.4 Å². The molecule has 1 heterocycles. The van der Waals surface area contributed by atoms with Crippen LogP contribution in [0.15, 0.2) is 29.3 Å². The molecule has 1 saturated carbocycles. The fourth-order valence-electron chi connectivity index (χ4n) is 3.43. The molecule has 1 atom stereocenters. The number of nitrogens with one attached hydrogen (secondary N) is 2. The number of halogens is 1. The van der Waals surface area contributed by atoms with Crippen LogP contribution in [0, 0.1) is 0 Å². The van der Waals surface area contributed by atoms with Gasteiger partial charge in [0.25, 0.3) is 0 Å². The number of para-hydroxylation sites is 1. The number of ether oxygens (including phenoxy) is 1. The molecule has 2 fully saturated rings. The minimum atomic E-state index is -2.90. The maximum absolute atomic E-state index is 11.6. The summed E-state index contributed by atoms with van der Waals surface area (Å²) >= 11 is 0. The quantitative estimate of drug-likeness (QED) is 0.375. The molecule has 1 aromatic rings. The van der Waals surface area contributed by atoms with E-state index < -0.39 is 9.84 Å². The van der Waals surface area contributed by atoms with Crippen molar-refractivity contribution in [2.45, 2.75) is 50.8 Å². The predicted molar refractivity (Wildman–Crippen MR) is 115 cm³/mol. The lowest BCUT2D eigenvalue weighted by molar-refractivity contribution is 0.208. The average Bonchev–Trinajstić information content (AvgIpc) is 3.22. The standard InChI is InChI=1S/C18H27N3O3S.HI/c1-19-18(21-15-10-11-25(22,23)13-15)20-12-14-6-2-5-9-17(14)24-16-7-3-4-8-16;/h2,5-6,9,15-16H,3-4,7-8,10-13H2,1H3,(H2,19,20,21);1H. The molecular weight excluding hydrogens is 465 g/mol. The van der Waals surface area contributed by atoms with E-state index in [0.717, 1.165) is 24.2 Å². The zero-order valence-electron chi connectivity index (χ0n) is 15.1. The van der Waals surface area contributed by atoms with E-state index in [-0.39, 0.29) is 41.5 Å². The molecule has 2 aliphatic rings. The van der Waals surface area contributed by atoms with Crippen LogP contribution in [-0.2, 0) is 16.4 Å². The Hall–Kier alpha value is -1.03. The number of benzene rings is 1. The molecule has 0 bridgehead atoms. The molecule has 146 valence electrons. The molecule has 1 aromatic carbocycles. The van der Waals surface area contributed by atoms with Gasteiger partial charge in [0.2, 0.25) is 0 Å². The molecule has 8 heteroatoms. The molecule has 2 N–H and O–H groups in total. The molecule has 0 spiro atoms. The number of sulfone groups is 1. The summed E-state index contributed by atoms with van der Waals surface area (Å²) in [6, 6.07) is 7.98. The molecule has 0 amide bonds. The minimum Gasteiger partial charge on any atom is -0.490 e. The summed E-state index contributed by atoms with van der Waals surface area (Å²) in [5, 5.41) is 6.47. The van der Waals surface area contributed by atoms with Gasteiger partial charge in [-0.1, -0.05) is 18.2 Å². The summed E-state index contributed by atoms with van der Waals surface area (Å²) in [5.74, 6) is 1.97. The zero-order valence-corrected chi connectivity index (χ0v) is 18.3. The van der Waals surface area contributed by atoms with Crippen LogP contribution >= 0.6 is 24.0 Å². The van der Waals surface area contributed by atoms with Crippen molar-refractivity contribution in [3.05, 3.63) is 29.8 Å². The number of hydrogen-bond acceptors (Lipinski definition) is 4. The van der Waals surface area contributed by atoms with Crippen LogP contribution < -0.4 is 15.4 Å². The Morgan fingerprint density at radius 3 is 2.62 bits per heavy atom. The third-order valence-corrected chi connectivity index (χ3v) is 6.58. The molecule has 1 aliphatic heterocycles. The van der Waals surface area contributed by atoms with Crippen molar-refractivity contribution in [1.29, 1.82) is 0 Å². The summed E-state index contributed by atoms with van der Waals surface area (Å²) in [6.07, 6.45) is 5.69. The number of hydrogen-bond donors (Lipinski definition) is 2. The van der Waals surface area contributed by atoms with Crippen LogP contribution in [0.2, 0.25) is 0 Å². The normalized spacial score (nSPS) is 22.7. The zero-order chi connectivity index (χ0) is 17.7. The van der Waals surface area contributed by atoms with Crippen molar-refractivity contribution >= 4 is 39.8 Å². The van der Waals surface area contributed by atoms with Gasteiger partial charge in [-0.05, 0) is 38.2 Å². The van der Waals surface area contributed by atoms with Crippen LogP contribution in [-0.4, -0.2) is 45.1 Å². The number of guanidine groups is 1. The van der Waals surface area contributed by atoms with Gasteiger partial charge in [0.15, 0.2) is 15.8 Å². The van der Waals surface area contributed by atoms with E-state index in [1.165, 1.54) is 12.8 Å². The number of aliphatic imine (C=N–C) groups is 1. The lowest BCUT2D eigenvalue weighted by Gasteiger charge is -2.19. The molecule has 0 aromatic heterocycles. The Bertz CT molecular complexity index is 718. The lowest BCUT2D eigenvalue weighted by atomic mass is 10.2. The van der Waals surface area contributed by atoms with Gasteiger partial charge in [-0.25, -0.2) is 8.42 Å². The average molecular weight is 493 g/mol. The molecule has 6 nitrogen and oxygen atoms in total. The highest BCUT2D eigenvalue weighted by Gasteiger charge is 2.28. The molecule has 1 saturated heterocycles. The Balaban J connectivity index is 0.00000243. The SMILES string of the molecule is CN=C(NCc1ccccc1OC1CCCC1)NC1CCS(=O)(=O)C1.I. The summed E-state index contributed by atoms with van der Waals surface area (Å²) in [5.41, 5.74) is 1.08. The maximum Gasteiger partial charge on any atom is 0.191 e. The molecule has 0 radical (unpaired) electrons. The van der Waals surface area contributed by atoms with Crippen molar-refractivity contribution in [3.8, 4) is 5.75 Å². The lowest BCUT2D eigenvalue weighted by Crippen LogP contribution is -2.43. The monoisotopic (exact) mass is 493 g/mol. The number of nitrogens with zero attached hydrogens (tertiary/aromatic N) is 1. The van der Waals surface area contributed by atoms with Crippen LogP contribution in [0.25, 0.3) is 0 Å². The van der Waals surface area contributed by atoms with E-state index in [2.05, 4.69) is 15.6 Å². The van der Waals surface area contributed by atoms with E-state index in [4.69, 9.17) is 4.74 Å². The topological polar surface area (TPSA) is 79.8 Å². The second-order valence-corrected chi connectivity index (χ2v) is 9.03. The third-order valence-electron chi connectivity index (χ3n) is 4.81. The highest BCUT2D eigenvalue weighted by Crippen LogP contribution is 2.26. The van der Waals surface area contributed by atoms with Crippen LogP contribution in [0.5, 0.6) is 5.75 Å². The Morgan fingerprint density at radius 1 is 1.23 bits per heavy atom. The van der Waals surface area contributed by atoms with Crippen molar-refractivity contribution in [3.63, 3.8) is 0 Å². The van der Waals surface area contributed by atoms with Crippen molar-refractivity contribution in [1.82, 2.24) is 10.6 Å². The Kier molecular flexibility index (Phi) is 8.00. The largest absolute Gasteiger partial charge is 0.490 e. The van der Waals surface area contributed by atoms with E-state index >= 15 is 0 Å². The second kappa shape index (κ2) is 9.77. The summed E-state index contributed by atoms with van der Waals surface area (Å²) < 4.78 is 29.3. The minimum absolute atomic E-state index is 0. The molecule has 1 aliphatic carbocycles. The molecular formula is C18H28IN3O3S. The van der Waals surface area contributed by atoms with E-state index in [1.54, 1.807) is 7.05 Å². The Labute approximate surface area is 173 Å². The highest BCUT2D eigenvalue weighted by atomic mass is 127. The van der Waals surface area contributed by atoms with Gasteiger partial charge in [-0.15, -0.1) is 24.0 Å². The van der Waals surface area contributed by atoms with Gasteiger partial charge in [0, 0.05) is 25.2 Å². The van der Waals surface area contributed by atoms with E-state index in [1.807, 2.05) is 24.3 Å². The van der Waals surface area contributed by atoms with Crippen molar-refractivity contribution in [2.24, 2.45) is 4.99 Å². The van der Waals surface area contributed by atoms with Gasteiger partial charge in [0.05, 0.1) is 17.6 Å². The first-order valence-electron chi connectivity index (χ1n) is 8.98. The summed E-state index contributed by atoms with van der Waals surface area (Å²) in [7, 11) is -1.21. The summed E-state index contributed by atoms with van der Waals surface area (Å²) in [6.45, 7) is 0.585. The van der Waals surface area contributed by atoms with Gasteiger partial charge in [0.1, 0.15) is 5.75 Å². The maximum atomic E-state index is 11.6. The first-order chi connectivity index (χ1) is 12.1. The first-order valence-corrected chi connectivity index (χ1v) is 10.8. The second-order valence-electron chi connectivity index (χ2n) is 6.80. The summed E-state index contributed by atoms with van der Waals surface area (Å²) in [4.78, 5) is 4.21. The smallest absolute Gasteiger partial charge is 0.191 e. The van der Waals surface area contributed by atoms with Crippen molar-refractivity contribution in [2.75, 3.05) is 18.6 Å². The van der Waals surface area contributed by atoms with Gasteiger partial charge in [-0.3, -0.25) is 4.99 Å². The van der Waals surface area contributed by atoms with Crippen molar-refractivity contribution < 1.29 is 13.2 Å². The van der Waals surface area contributed by atoms with Gasteiger partial charge >= 0.3 is 0 Å². The van der Waals surface area contributed by atoms with E-state index in [0.29, 0.717) is 25.0 Å². The van der Waals surface area contributed by atoms with Crippen LogP contribution in [0.1, 0.15) is 37.7 Å². The molecule has 26 heavy (non-hydrogen) atoms. The molecule has 3 rings (SSSR count). The van der Waals surface area contributed by atoms with Crippen LogP contribution in [0.4, 0.5) is 0 Å². The first kappa shape index (κ1) is 21.3. The fraction of sp³-hybridized carbons (Fsp3) is 0.611. The highest BCUT2D eigenvalue weighted by molar-refractivity contribution is 14.0. The predicted octanol–water partition coefficient (Wildman–Crippen LogP) is 2.48. The number of rotatable bonds is 5. The van der Waals surface area contributed by atoms with E-state index in [9.17, 15) is 8.42 Å². The fourth-order valence-corrected chi connectivity index (χ4v) is 5.10. The molecule has 1 unspecified atom stereocenters. The van der Waals surface area contributed by atoms with Crippen LogP contribution in [0.3, 0.4) is 0 Å². The third kappa shape index (κ3) is 6.00. The van der Waals surface area contributed by atoms with Gasteiger partial charge in [-0.2, -0.15) is 0 Å².